The zero-order valence-electron chi connectivity index (χ0n) is 10.2. The molecule has 0 bridgehead atoms. The fourth-order valence-electron chi connectivity index (χ4n) is 2.36. The van der Waals surface area contributed by atoms with E-state index in [0.717, 1.165) is 16.5 Å². The van der Waals surface area contributed by atoms with E-state index in [1.54, 1.807) is 24.3 Å². The average Bonchev–Trinajstić information content (AvgIpc) is 3.21. The van der Waals surface area contributed by atoms with Gasteiger partial charge in [0.2, 0.25) is 0 Å². The molecule has 0 N–H and O–H groups in total. The Balaban J connectivity index is 1.86. The SMILES string of the molecule is O=S(=O)(c1ccc(Br)cc1)[C@H]1C[C@H]1c1ccccc1. The van der Waals surface area contributed by atoms with Gasteiger partial charge in [-0.3, -0.25) is 0 Å². The van der Waals surface area contributed by atoms with Crippen molar-refractivity contribution in [2.24, 2.45) is 0 Å². The minimum Gasteiger partial charge on any atom is -0.223 e. The van der Waals surface area contributed by atoms with E-state index in [0.29, 0.717) is 4.90 Å². The van der Waals surface area contributed by atoms with Crippen molar-refractivity contribution in [1.29, 1.82) is 0 Å². The zero-order chi connectivity index (χ0) is 13.5. The van der Waals surface area contributed by atoms with Gasteiger partial charge < -0.3 is 0 Å². The summed E-state index contributed by atoms with van der Waals surface area (Å²) in [6.07, 6.45) is 0.725. The third-order valence-electron chi connectivity index (χ3n) is 3.50. The number of rotatable bonds is 3. The fourth-order valence-corrected chi connectivity index (χ4v) is 4.54. The van der Waals surface area contributed by atoms with Crippen LogP contribution in [0.15, 0.2) is 64.0 Å². The summed E-state index contributed by atoms with van der Waals surface area (Å²) in [6.45, 7) is 0. The second kappa shape index (κ2) is 4.76. The first kappa shape index (κ1) is 12.9. The van der Waals surface area contributed by atoms with E-state index in [9.17, 15) is 8.42 Å². The Hall–Kier alpha value is -1.13. The highest BCUT2D eigenvalue weighted by atomic mass is 79.9. The van der Waals surface area contributed by atoms with Gasteiger partial charge in [0.1, 0.15) is 0 Å². The quantitative estimate of drug-likeness (QED) is 0.854. The van der Waals surface area contributed by atoms with Gasteiger partial charge in [0.05, 0.1) is 10.1 Å². The highest BCUT2D eigenvalue weighted by Crippen LogP contribution is 2.47. The van der Waals surface area contributed by atoms with Crippen molar-refractivity contribution < 1.29 is 8.42 Å². The van der Waals surface area contributed by atoms with E-state index in [-0.39, 0.29) is 11.2 Å². The molecule has 2 nitrogen and oxygen atoms in total. The Kier molecular flexibility index (Phi) is 3.23. The fraction of sp³-hybridized carbons (Fsp3) is 0.200. The summed E-state index contributed by atoms with van der Waals surface area (Å²) in [5.41, 5.74) is 1.12. The van der Waals surface area contributed by atoms with Gasteiger partial charge in [-0.2, -0.15) is 0 Å². The second-order valence-electron chi connectivity index (χ2n) is 4.79. The van der Waals surface area contributed by atoms with E-state index in [1.165, 1.54) is 0 Å². The lowest BCUT2D eigenvalue weighted by Gasteiger charge is -2.04. The number of halogens is 1. The molecule has 0 saturated heterocycles. The minimum atomic E-state index is -3.20. The summed E-state index contributed by atoms with van der Waals surface area (Å²) >= 11 is 3.32. The predicted octanol–water partition coefficient (Wildman–Crippen LogP) is 3.78. The molecule has 0 aromatic heterocycles. The van der Waals surface area contributed by atoms with E-state index in [2.05, 4.69) is 15.9 Å². The Morgan fingerprint density at radius 3 is 2.21 bits per heavy atom. The minimum absolute atomic E-state index is 0.148. The van der Waals surface area contributed by atoms with E-state index >= 15 is 0 Å². The van der Waals surface area contributed by atoms with Gasteiger partial charge >= 0.3 is 0 Å². The van der Waals surface area contributed by atoms with Gasteiger partial charge in [0.15, 0.2) is 9.84 Å². The normalized spacial score (nSPS) is 22.2. The third-order valence-corrected chi connectivity index (χ3v) is 6.28. The smallest absolute Gasteiger partial charge is 0.181 e. The molecule has 0 aliphatic heterocycles. The maximum absolute atomic E-state index is 12.5. The molecule has 19 heavy (non-hydrogen) atoms. The summed E-state index contributed by atoms with van der Waals surface area (Å²) < 4.78 is 25.8. The number of hydrogen-bond donors (Lipinski definition) is 0. The molecule has 2 atom stereocenters. The Bertz CT molecular complexity index is 678. The zero-order valence-corrected chi connectivity index (χ0v) is 12.6. The van der Waals surface area contributed by atoms with Gasteiger partial charge in [0.25, 0.3) is 0 Å². The first-order valence-corrected chi connectivity index (χ1v) is 8.47. The van der Waals surface area contributed by atoms with Crippen LogP contribution in [0.25, 0.3) is 0 Å². The van der Waals surface area contributed by atoms with E-state index in [4.69, 9.17) is 0 Å². The lowest BCUT2D eigenvalue weighted by Crippen LogP contribution is -2.09. The van der Waals surface area contributed by atoms with Crippen LogP contribution in [0.3, 0.4) is 0 Å². The van der Waals surface area contributed by atoms with E-state index in [1.807, 2.05) is 30.3 Å². The van der Waals surface area contributed by atoms with Crippen LogP contribution in [0.1, 0.15) is 17.9 Å². The highest BCUT2D eigenvalue weighted by molar-refractivity contribution is 9.10. The Morgan fingerprint density at radius 2 is 1.58 bits per heavy atom. The molecule has 98 valence electrons. The van der Waals surface area contributed by atoms with Crippen molar-refractivity contribution in [2.75, 3.05) is 0 Å². The van der Waals surface area contributed by atoms with Crippen LogP contribution in [0.4, 0.5) is 0 Å². The molecule has 0 heterocycles. The number of benzene rings is 2. The molecule has 4 heteroatoms. The molecule has 0 radical (unpaired) electrons. The molecule has 0 amide bonds. The number of hydrogen-bond acceptors (Lipinski definition) is 2. The third kappa shape index (κ3) is 2.47. The molecule has 0 spiro atoms. The summed E-state index contributed by atoms with van der Waals surface area (Å²) in [4.78, 5) is 0.416. The molecule has 1 fully saturated rings. The van der Waals surface area contributed by atoms with Crippen molar-refractivity contribution in [1.82, 2.24) is 0 Å². The predicted molar refractivity (Wildman–Crippen MR) is 78.9 cm³/mol. The van der Waals surface area contributed by atoms with Gasteiger partial charge in [-0.15, -0.1) is 0 Å². The summed E-state index contributed by atoms with van der Waals surface area (Å²) in [6, 6.07) is 16.7. The second-order valence-corrected chi connectivity index (χ2v) is 7.87. The highest BCUT2D eigenvalue weighted by Gasteiger charge is 2.48. The van der Waals surface area contributed by atoms with Crippen molar-refractivity contribution in [3.63, 3.8) is 0 Å². The molecule has 0 unspecified atom stereocenters. The van der Waals surface area contributed by atoms with Crippen LogP contribution in [0, 0.1) is 0 Å². The van der Waals surface area contributed by atoms with Crippen molar-refractivity contribution >= 4 is 25.8 Å². The van der Waals surface area contributed by atoms with Crippen LogP contribution in [0.5, 0.6) is 0 Å². The molecule has 1 aliphatic rings. The maximum Gasteiger partial charge on any atom is 0.181 e. The van der Waals surface area contributed by atoms with Crippen molar-refractivity contribution in [3.8, 4) is 0 Å². The molecular formula is C15H13BrO2S. The molecule has 3 rings (SSSR count). The first-order valence-electron chi connectivity index (χ1n) is 6.13. The first-order chi connectivity index (χ1) is 9.09. The topological polar surface area (TPSA) is 34.1 Å². The molecule has 2 aromatic rings. The molecule has 2 aromatic carbocycles. The summed E-state index contributed by atoms with van der Waals surface area (Å²) in [5, 5.41) is -0.268. The van der Waals surface area contributed by atoms with E-state index < -0.39 is 9.84 Å². The van der Waals surface area contributed by atoms with Crippen LogP contribution in [-0.4, -0.2) is 13.7 Å². The van der Waals surface area contributed by atoms with Crippen LogP contribution >= 0.6 is 15.9 Å². The monoisotopic (exact) mass is 336 g/mol. The molecule has 1 saturated carbocycles. The Labute approximate surface area is 121 Å². The summed E-state index contributed by atoms with van der Waals surface area (Å²) in [5.74, 6) is 0.148. The molecular weight excluding hydrogens is 324 g/mol. The lowest BCUT2D eigenvalue weighted by molar-refractivity contribution is 0.594. The maximum atomic E-state index is 12.5. The van der Waals surface area contributed by atoms with Gasteiger partial charge in [-0.1, -0.05) is 46.3 Å². The van der Waals surface area contributed by atoms with Gasteiger partial charge in [0, 0.05) is 10.4 Å². The van der Waals surface area contributed by atoms with Crippen LogP contribution in [-0.2, 0) is 9.84 Å². The van der Waals surface area contributed by atoms with Crippen molar-refractivity contribution in [3.05, 3.63) is 64.6 Å². The molecule has 1 aliphatic carbocycles. The van der Waals surface area contributed by atoms with Gasteiger partial charge in [-0.25, -0.2) is 8.42 Å². The van der Waals surface area contributed by atoms with Crippen molar-refractivity contribution in [2.45, 2.75) is 22.5 Å². The van der Waals surface area contributed by atoms with Crippen LogP contribution < -0.4 is 0 Å². The standard InChI is InChI=1S/C15H13BrO2S/c16-12-6-8-13(9-7-12)19(17,18)15-10-14(15)11-4-2-1-3-5-11/h1-9,14-15H,10H2/t14-,15-/m0/s1. The summed E-state index contributed by atoms with van der Waals surface area (Å²) in [7, 11) is -3.20. The Morgan fingerprint density at radius 1 is 0.947 bits per heavy atom. The van der Waals surface area contributed by atoms with Crippen LogP contribution in [0.2, 0.25) is 0 Å². The average molecular weight is 337 g/mol. The number of sulfone groups is 1. The largest absolute Gasteiger partial charge is 0.223 e. The van der Waals surface area contributed by atoms with Gasteiger partial charge in [-0.05, 0) is 36.2 Å². The lowest BCUT2D eigenvalue weighted by atomic mass is 10.1.